The van der Waals surface area contributed by atoms with Crippen LogP contribution in [0.4, 0.5) is 28.0 Å². The summed E-state index contributed by atoms with van der Waals surface area (Å²) in [6, 6.07) is 4.43. The van der Waals surface area contributed by atoms with E-state index >= 15 is 0 Å². The van der Waals surface area contributed by atoms with Crippen LogP contribution >= 0.6 is 11.6 Å². The van der Waals surface area contributed by atoms with E-state index in [1.54, 1.807) is 13.0 Å². The summed E-state index contributed by atoms with van der Waals surface area (Å²) in [4.78, 5) is 11.1. The van der Waals surface area contributed by atoms with Gasteiger partial charge in [-0.2, -0.15) is 8.78 Å². The average molecular weight is 300 g/mol. The number of carbonyl (C=O) groups is 1. The second-order valence-corrected chi connectivity index (χ2v) is 4.13. The fraction of sp³-hybridized carbons (Fsp3) is 0.364. The molecule has 8 heteroatoms. The second kappa shape index (κ2) is 6.10. The Kier molecular flexibility index (Phi) is 4.99. The second-order valence-electron chi connectivity index (χ2n) is 3.73. The van der Waals surface area contributed by atoms with Gasteiger partial charge in [-0.1, -0.05) is 17.7 Å². The van der Waals surface area contributed by atoms with Gasteiger partial charge in [-0.05, 0) is 24.6 Å². The fourth-order valence-corrected chi connectivity index (χ4v) is 1.23. The Morgan fingerprint density at radius 2 is 2.11 bits per heavy atom. The quantitative estimate of drug-likeness (QED) is 0.850. The molecule has 0 radical (unpaired) electrons. The fourth-order valence-electron chi connectivity index (χ4n) is 1.05. The van der Waals surface area contributed by atoms with Crippen LogP contribution in [0.1, 0.15) is 5.56 Å². The topological polar surface area (TPSA) is 38.3 Å². The minimum atomic E-state index is -4.37. The van der Waals surface area contributed by atoms with Gasteiger partial charge in [-0.3, -0.25) is 5.32 Å². The van der Waals surface area contributed by atoms with Gasteiger partial charge in [0.2, 0.25) is 0 Å². The highest BCUT2D eigenvalue weighted by Crippen LogP contribution is 2.23. The van der Waals surface area contributed by atoms with E-state index in [1.807, 2.05) is 0 Å². The molecule has 1 rings (SSSR count). The van der Waals surface area contributed by atoms with Crippen LogP contribution in [0.2, 0.25) is 5.02 Å². The lowest BCUT2D eigenvalue weighted by Crippen LogP contribution is -2.34. The van der Waals surface area contributed by atoms with Crippen LogP contribution in [0.25, 0.3) is 0 Å². The van der Waals surface area contributed by atoms with E-state index in [0.717, 1.165) is 5.56 Å². The maximum Gasteiger partial charge on any atom is 0.411 e. The van der Waals surface area contributed by atoms with Crippen molar-refractivity contribution in [3.8, 4) is 0 Å². The van der Waals surface area contributed by atoms with Crippen molar-refractivity contribution in [2.75, 3.05) is 11.9 Å². The zero-order valence-electron chi connectivity index (χ0n) is 9.72. The lowest BCUT2D eigenvalue weighted by Gasteiger charge is -2.15. The van der Waals surface area contributed by atoms with E-state index in [4.69, 9.17) is 11.6 Å². The largest absolute Gasteiger partial charge is 0.443 e. The Balaban J connectivity index is 2.54. The molecule has 0 unspecified atom stereocenters. The van der Waals surface area contributed by atoms with E-state index in [9.17, 15) is 22.4 Å². The number of hydrogen-bond donors (Lipinski definition) is 1. The lowest BCUT2D eigenvalue weighted by atomic mass is 10.2. The Morgan fingerprint density at radius 3 is 2.63 bits per heavy atom. The Hall–Kier alpha value is -1.50. The van der Waals surface area contributed by atoms with E-state index in [2.05, 4.69) is 10.1 Å². The van der Waals surface area contributed by atoms with Gasteiger partial charge in [0.25, 0.3) is 0 Å². The molecule has 19 heavy (non-hydrogen) atoms. The minimum Gasteiger partial charge on any atom is -0.443 e. The molecule has 1 N–H and O–H groups in total. The molecule has 0 saturated heterocycles. The third-order valence-corrected chi connectivity index (χ3v) is 2.54. The predicted molar refractivity (Wildman–Crippen MR) is 62.1 cm³/mol. The predicted octanol–water partition coefficient (Wildman–Crippen LogP) is 4.10. The van der Waals surface area contributed by atoms with E-state index in [0.29, 0.717) is 5.02 Å². The number of anilines is 1. The number of carbonyl (C=O) groups excluding carboxylic acids is 1. The molecule has 0 spiro atoms. The SMILES string of the molecule is Cc1ccc(NC(=O)OCC(F)(F)C(F)F)cc1Cl. The minimum absolute atomic E-state index is 0.209. The van der Waals surface area contributed by atoms with Crippen molar-refractivity contribution >= 4 is 23.4 Å². The normalized spacial score (nSPS) is 11.5. The van der Waals surface area contributed by atoms with Crippen LogP contribution in [-0.2, 0) is 4.74 Å². The standard InChI is InChI=1S/C11H10ClF4NO2/c1-6-2-3-7(4-8(6)12)17-10(18)19-5-11(15,16)9(13)14/h2-4,9H,5H2,1H3,(H,17,18). The number of benzene rings is 1. The first-order valence-corrected chi connectivity index (χ1v) is 5.46. The summed E-state index contributed by atoms with van der Waals surface area (Å²) in [6.45, 7) is 0.0315. The summed E-state index contributed by atoms with van der Waals surface area (Å²) in [6.07, 6.45) is -5.16. The van der Waals surface area contributed by atoms with Crippen LogP contribution in [0.15, 0.2) is 18.2 Å². The van der Waals surface area contributed by atoms with E-state index in [1.165, 1.54) is 12.1 Å². The van der Waals surface area contributed by atoms with Crippen molar-refractivity contribution in [1.29, 1.82) is 0 Å². The number of amides is 1. The first-order valence-electron chi connectivity index (χ1n) is 5.08. The van der Waals surface area contributed by atoms with Gasteiger partial charge >= 0.3 is 18.4 Å². The summed E-state index contributed by atoms with van der Waals surface area (Å²) >= 11 is 5.78. The van der Waals surface area contributed by atoms with Crippen molar-refractivity contribution in [3.63, 3.8) is 0 Å². The Bertz CT molecular complexity index is 468. The van der Waals surface area contributed by atoms with Crippen molar-refractivity contribution in [3.05, 3.63) is 28.8 Å². The summed E-state index contributed by atoms with van der Waals surface area (Å²) in [5, 5.41) is 2.45. The van der Waals surface area contributed by atoms with Crippen LogP contribution in [0.5, 0.6) is 0 Å². The van der Waals surface area contributed by atoms with Crippen molar-refractivity contribution in [1.82, 2.24) is 0 Å². The van der Waals surface area contributed by atoms with Crippen molar-refractivity contribution in [2.45, 2.75) is 19.3 Å². The smallest absolute Gasteiger partial charge is 0.411 e. The highest BCUT2D eigenvalue weighted by atomic mass is 35.5. The van der Waals surface area contributed by atoms with Gasteiger partial charge < -0.3 is 4.74 Å². The van der Waals surface area contributed by atoms with E-state index in [-0.39, 0.29) is 5.69 Å². The van der Waals surface area contributed by atoms with Gasteiger partial charge in [0, 0.05) is 10.7 Å². The maximum absolute atomic E-state index is 12.5. The molecule has 1 aromatic rings. The number of halogens is 5. The van der Waals surface area contributed by atoms with Crippen LogP contribution in [0.3, 0.4) is 0 Å². The number of hydrogen-bond acceptors (Lipinski definition) is 2. The summed E-state index contributed by atoms with van der Waals surface area (Å²) in [5.41, 5.74) is 0.964. The Labute approximate surface area is 111 Å². The monoisotopic (exact) mass is 299 g/mol. The molecular weight excluding hydrogens is 290 g/mol. The highest BCUT2D eigenvalue weighted by Gasteiger charge is 2.42. The first-order chi connectivity index (χ1) is 8.72. The van der Waals surface area contributed by atoms with Gasteiger partial charge in [0.1, 0.15) is 0 Å². The number of aryl methyl sites for hydroxylation is 1. The molecule has 0 aromatic heterocycles. The number of ether oxygens (including phenoxy) is 1. The van der Waals surface area contributed by atoms with Crippen LogP contribution < -0.4 is 5.32 Å². The molecule has 0 fully saturated rings. The van der Waals surface area contributed by atoms with Gasteiger partial charge in [-0.25, -0.2) is 13.6 Å². The van der Waals surface area contributed by atoms with Gasteiger partial charge in [0.15, 0.2) is 6.61 Å². The molecule has 1 amide bonds. The van der Waals surface area contributed by atoms with Gasteiger partial charge in [0.05, 0.1) is 0 Å². The average Bonchev–Trinajstić information content (AvgIpc) is 2.31. The maximum atomic E-state index is 12.5. The Morgan fingerprint density at radius 1 is 1.47 bits per heavy atom. The number of alkyl halides is 4. The third-order valence-electron chi connectivity index (χ3n) is 2.13. The highest BCUT2D eigenvalue weighted by molar-refractivity contribution is 6.31. The van der Waals surface area contributed by atoms with E-state index < -0.39 is 25.0 Å². The van der Waals surface area contributed by atoms with Crippen LogP contribution in [0, 0.1) is 6.92 Å². The molecule has 1 aromatic carbocycles. The van der Waals surface area contributed by atoms with Crippen LogP contribution in [-0.4, -0.2) is 25.0 Å². The molecule has 3 nitrogen and oxygen atoms in total. The summed E-state index contributed by atoms with van der Waals surface area (Å²) in [7, 11) is 0. The zero-order chi connectivity index (χ0) is 14.6. The molecule has 0 heterocycles. The van der Waals surface area contributed by atoms with Crippen molar-refractivity contribution in [2.24, 2.45) is 0 Å². The molecule has 0 aliphatic heterocycles. The molecule has 0 atom stereocenters. The molecule has 106 valence electrons. The molecule has 0 saturated carbocycles. The molecule has 0 bridgehead atoms. The van der Waals surface area contributed by atoms with Gasteiger partial charge in [-0.15, -0.1) is 0 Å². The zero-order valence-corrected chi connectivity index (χ0v) is 10.5. The molecule has 0 aliphatic rings. The first kappa shape index (κ1) is 15.6. The number of rotatable bonds is 4. The third kappa shape index (κ3) is 4.59. The molecule has 0 aliphatic carbocycles. The lowest BCUT2D eigenvalue weighted by molar-refractivity contribution is -0.153. The summed E-state index contributed by atoms with van der Waals surface area (Å²) in [5.74, 6) is -4.37. The summed E-state index contributed by atoms with van der Waals surface area (Å²) < 4.78 is 52.6. The number of nitrogens with one attached hydrogen (secondary N) is 1. The molecular formula is C11H10ClF4NO2. The van der Waals surface area contributed by atoms with Crippen molar-refractivity contribution < 1.29 is 27.1 Å².